The lowest BCUT2D eigenvalue weighted by Crippen LogP contribution is -2.36. The van der Waals surface area contributed by atoms with Crippen molar-refractivity contribution in [3.63, 3.8) is 0 Å². The lowest BCUT2D eigenvalue weighted by Gasteiger charge is -2.16. The number of nitrogens with zero attached hydrogens (tertiary/aromatic N) is 3. The summed E-state index contributed by atoms with van der Waals surface area (Å²) in [4.78, 5) is 11.6. The zero-order valence-corrected chi connectivity index (χ0v) is 16.2. The van der Waals surface area contributed by atoms with Crippen molar-refractivity contribution >= 4 is 11.8 Å². The lowest BCUT2D eigenvalue weighted by molar-refractivity contribution is 0.409. The maximum absolute atomic E-state index is 5.41. The summed E-state index contributed by atoms with van der Waals surface area (Å²) in [6.07, 6.45) is 4.45. The fourth-order valence-electron chi connectivity index (χ4n) is 3.18. The molecule has 1 aromatic heterocycles. The van der Waals surface area contributed by atoms with Crippen LogP contribution in [0.5, 0.6) is 5.75 Å². The smallest absolute Gasteiger partial charge is 0.191 e. The topological polar surface area (TPSA) is 61.8 Å². The zero-order valence-electron chi connectivity index (χ0n) is 16.2. The average Bonchev–Trinajstić information content (AvgIpc) is 3.25. The number of benzene rings is 1. The van der Waals surface area contributed by atoms with E-state index < -0.39 is 0 Å². The number of para-hydroxylation sites is 1. The number of anilines is 1. The van der Waals surface area contributed by atoms with E-state index in [4.69, 9.17) is 4.74 Å². The molecular weight excluding hydrogens is 338 g/mol. The predicted molar refractivity (Wildman–Crippen MR) is 110 cm³/mol. The van der Waals surface area contributed by atoms with E-state index in [-0.39, 0.29) is 0 Å². The summed E-state index contributed by atoms with van der Waals surface area (Å²) >= 11 is 0. The molecule has 0 saturated carbocycles. The van der Waals surface area contributed by atoms with Crippen LogP contribution in [0.1, 0.15) is 30.9 Å². The Morgan fingerprint density at radius 3 is 2.67 bits per heavy atom. The summed E-state index contributed by atoms with van der Waals surface area (Å²) in [6.45, 7) is 6.34. The number of hydrogen-bond acceptors (Lipinski definition) is 4. The van der Waals surface area contributed by atoms with Crippen LogP contribution in [-0.4, -0.2) is 37.7 Å². The molecule has 0 amide bonds. The van der Waals surface area contributed by atoms with Crippen LogP contribution in [0.15, 0.2) is 47.6 Å². The van der Waals surface area contributed by atoms with Crippen molar-refractivity contribution in [1.29, 1.82) is 0 Å². The minimum Gasteiger partial charge on any atom is -0.496 e. The normalized spacial score (nSPS) is 14.3. The summed E-state index contributed by atoms with van der Waals surface area (Å²) in [6, 6.07) is 12.2. The van der Waals surface area contributed by atoms with Crippen LogP contribution in [0.4, 0.5) is 5.82 Å². The van der Waals surface area contributed by atoms with Gasteiger partial charge in [-0.25, -0.2) is 9.98 Å². The highest BCUT2D eigenvalue weighted by molar-refractivity contribution is 5.79. The quantitative estimate of drug-likeness (QED) is 0.582. The molecule has 144 valence electrons. The van der Waals surface area contributed by atoms with Crippen molar-refractivity contribution in [3.05, 3.63) is 53.7 Å². The average molecular weight is 367 g/mol. The summed E-state index contributed by atoms with van der Waals surface area (Å²) in [7, 11) is 1.69. The molecule has 1 aliphatic heterocycles. The fraction of sp³-hybridized carbons (Fsp3) is 0.429. The molecule has 3 rings (SSSR count). The van der Waals surface area contributed by atoms with E-state index in [0.717, 1.165) is 48.3 Å². The predicted octanol–water partition coefficient (Wildman–Crippen LogP) is 2.95. The van der Waals surface area contributed by atoms with Crippen molar-refractivity contribution in [2.24, 2.45) is 4.99 Å². The van der Waals surface area contributed by atoms with Gasteiger partial charge in [0.1, 0.15) is 11.6 Å². The van der Waals surface area contributed by atoms with Crippen molar-refractivity contribution in [2.45, 2.75) is 32.9 Å². The number of ether oxygens (including phenoxy) is 1. The molecule has 0 aliphatic carbocycles. The highest BCUT2D eigenvalue weighted by Crippen LogP contribution is 2.18. The van der Waals surface area contributed by atoms with Gasteiger partial charge in [-0.1, -0.05) is 24.3 Å². The zero-order chi connectivity index (χ0) is 18.9. The number of methoxy groups -OCH3 is 1. The Bertz CT molecular complexity index is 738. The molecule has 2 N–H and O–H groups in total. The first kappa shape index (κ1) is 19.0. The van der Waals surface area contributed by atoms with E-state index in [1.807, 2.05) is 24.4 Å². The highest BCUT2D eigenvalue weighted by Gasteiger charge is 2.12. The van der Waals surface area contributed by atoms with Crippen LogP contribution >= 0.6 is 0 Å². The van der Waals surface area contributed by atoms with Crippen molar-refractivity contribution < 1.29 is 4.74 Å². The minimum atomic E-state index is 0.592. The molecule has 0 atom stereocenters. The molecule has 0 bridgehead atoms. The first-order chi connectivity index (χ1) is 13.3. The number of pyridine rings is 1. The number of guanidine groups is 1. The van der Waals surface area contributed by atoms with Gasteiger partial charge in [-0.3, -0.25) is 0 Å². The fourth-order valence-corrected chi connectivity index (χ4v) is 3.18. The van der Waals surface area contributed by atoms with E-state index in [1.165, 1.54) is 12.8 Å². The van der Waals surface area contributed by atoms with E-state index >= 15 is 0 Å². The number of nitrogens with one attached hydrogen (secondary N) is 2. The second kappa shape index (κ2) is 9.80. The molecule has 0 spiro atoms. The van der Waals surface area contributed by atoms with E-state index in [0.29, 0.717) is 13.1 Å². The molecule has 1 aliphatic rings. The first-order valence-electron chi connectivity index (χ1n) is 9.64. The van der Waals surface area contributed by atoms with E-state index in [2.05, 4.69) is 50.6 Å². The summed E-state index contributed by atoms with van der Waals surface area (Å²) in [5.74, 6) is 2.73. The van der Waals surface area contributed by atoms with Gasteiger partial charge in [0, 0.05) is 37.9 Å². The lowest BCUT2D eigenvalue weighted by atomic mass is 10.2. The molecule has 6 heteroatoms. The molecule has 0 unspecified atom stereocenters. The second-order valence-electron chi connectivity index (χ2n) is 6.58. The van der Waals surface area contributed by atoms with Gasteiger partial charge in [0.15, 0.2) is 5.96 Å². The van der Waals surface area contributed by atoms with Gasteiger partial charge in [-0.05, 0) is 37.5 Å². The third-order valence-electron chi connectivity index (χ3n) is 4.64. The van der Waals surface area contributed by atoms with Crippen LogP contribution in [0, 0.1) is 0 Å². The molecule has 1 aromatic carbocycles. The number of hydrogen-bond donors (Lipinski definition) is 2. The first-order valence-corrected chi connectivity index (χ1v) is 9.64. The molecule has 6 nitrogen and oxygen atoms in total. The summed E-state index contributed by atoms with van der Waals surface area (Å²) in [5.41, 5.74) is 2.20. The van der Waals surface area contributed by atoms with Crippen LogP contribution in [-0.2, 0) is 13.1 Å². The SMILES string of the molecule is CCNC(=NCc1ccc(N2CCCC2)nc1)NCc1ccccc1OC. The Morgan fingerprint density at radius 1 is 1.15 bits per heavy atom. The number of rotatable bonds is 7. The number of aromatic nitrogens is 1. The van der Waals surface area contributed by atoms with Crippen molar-refractivity contribution in [3.8, 4) is 5.75 Å². The summed E-state index contributed by atoms with van der Waals surface area (Å²) in [5, 5.41) is 6.65. The van der Waals surface area contributed by atoms with Crippen LogP contribution in [0.25, 0.3) is 0 Å². The van der Waals surface area contributed by atoms with Crippen LogP contribution in [0.3, 0.4) is 0 Å². The summed E-state index contributed by atoms with van der Waals surface area (Å²) < 4.78 is 5.41. The number of aliphatic imine (C=N–C) groups is 1. The highest BCUT2D eigenvalue weighted by atomic mass is 16.5. The Labute approximate surface area is 161 Å². The molecule has 2 aromatic rings. The Hall–Kier alpha value is -2.76. The van der Waals surface area contributed by atoms with Gasteiger partial charge in [0.2, 0.25) is 0 Å². The maximum Gasteiger partial charge on any atom is 0.191 e. The Morgan fingerprint density at radius 2 is 1.96 bits per heavy atom. The Kier molecular flexibility index (Phi) is 6.90. The third kappa shape index (κ3) is 5.36. The maximum atomic E-state index is 5.41. The largest absolute Gasteiger partial charge is 0.496 e. The molecule has 2 heterocycles. The van der Waals surface area contributed by atoms with Crippen LogP contribution in [0.2, 0.25) is 0 Å². The third-order valence-corrected chi connectivity index (χ3v) is 4.64. The minimum absolute atomic E-state index is 0.592. The van der Waals surface area contributed by atoms with E-state index in [9.17, 15) is 0 Å². The van der Waals surface area contributed by atoms with Gasteiger partial charge in [-0.15, -0.1) is 0 Å². The van der Waals surface area contributed by atoms with Gasteiger partial charge < -0.3 is 20.3 Å². The second-order valence-corrected chi connectivity index (χ2v) is 6.58. The van der Waals surface area contributed by atoms with Gasteiger partial charge in [0.25, 0.3) is 0 Å². The van der Waals surface area contributed by atoms with Gasteiger partial charge in [0.05, 0.1) is 13.7 Å². The molecular formula is C21H29N5O. The van der Waals surface area contributed by atoms with Crippen LogP contribution < -0.4 is 20.3 Å². The van der Waals surface area contributed by atoms with Gasteiger partial charge in [-0.2, -0.15) is 0 Å². The van der Waals surface area contributed by atoms with Crippen molar-refractivity contribution in [2.75, 3.05) is 31.6 Å². The molecule has 27 heavy (non-hydrogen) atoms. The van der Waals surface area contributed by atoms with Crippen molar-refractivity contribution in [1.82, 2.24) is 15.6 Å². The molecule has 0 radical (unpaired) electrons. The van der Waals surface area contributed by atoms with E-state index in [1.54, 1.807) is 7.11 Å². The molecule has 1 fully saturated rings. The monoisotopic (exact) mass is 367 g/mol. The Balaban J connectivity index is 1.59. The molecule has 1 saturated heterocycles. The van der Waals surface area contributed by atoms with Gasteiger partial charge >= 0.3 is 0 Å². The standard InChI is InChI=1S/C21H29N5O/c1-3-22-21(25-16-18-8-4-5-9-19(18)27-2)24-15-17-10-11-20(23-14-17)26-12-6-7-13-26/h4-5,8-11,14H,3,6-7,12-13,15-16H2,1-2H3,(H2,22,24,25).